The number of nitrogens with one attached hydrogen (secondary N) is 1. The zero-order valence-electron chi connectivity index (χ0n) is 13.6. The molecular formula is C15H35N3O. The smallest absolute Gasteiger partial charge is 0.0590 e. The Labute approximate surface area is 120 Å². The van der Waals surface area contributed by atoms with Gasteiger partial charge in [-0.15, -0.1) is 0 Å². The first-order valence-electron chi connectivity index (χ1n) is 7.86. The summed E-state index contributed by atoms with van der Waals surface area (Å²) in [5, 5.41) is 3.46. The molecule has 0 aliphatic carbocycles. The van der Waals surface area contributed by atoms with E-state index in [0.29, 0.717) is 0 Å². The first kappa shape index (κ1) is 18.8. The van der Waals surface area contributed by atoms with Gasteiger partial charge in [0.05, 0.1) is 6.61 Å². The lowest BCUT2D eigenvalue weighted by molar-refractivity contribution is 0.132. The van der Waals surface area contributed by atoms with E-state index in [4.69, 9.17) is 4.74 Å². The number of likely N-dealkylation sites (N-methyl/N-ethyl adjacent to an activating group) is 1. The topological polar surface area (TPSA) is 27.7 Å². The summed E-state index contributed by atoms with van der Waals surface area (Å²) < 4.78 is 5.52. The summed E-state index contributed by atoms with van der Waals surface area (Å²) in [6, 6.07) is 0. The van der Waals surface area contributed by atoms with Crippen LogP contribution >= 0.6 is 0 Å². The molecule has 0 radical (unpaired) electrons. The maximum Gasteiger partial charge on any atom is 0.0590 e. The normalized spacial score (nSPS) is 11.7. The maximum atomic E-state index is 5.52. The van der Waals surface area contributed by atoms with Crippen LogP contribution in [0.1, 0.15) is 33.1 Å². The van der Waals surface area contributed by atoms with Gasteiger partial charge >= 0.3 is 0 Å². The van der Waals surface area contributed by atoms with Crippen LogP contribution in [0.5, 0.6) is 0 Å². The molecule has 1 N–H and O–H groups in total. The monoisotopic (exact) mass is 273 g/mol. The van der Waals surface area contributed by atoms with Crippen molar-refractivity contribution in [3.63, 3.8) is 0 Å². The molecule has 4 nitrogen and oxygen atoms in total. The number of ether oxygens (including phenoxy) is 1. The molecule has 0 unspecified atom stereocenters. The van der Waals surface area contributed by atoms with Gasteiger partial charge < -0.3 is 19.9 Å². The largest absolute Gasteiger partial charge is 0.380 e. The van der Waals surface area contributed by atoms with Crippen LogP contribution in [0.15, 0.2) is 0 Å². The zero-order chi connectivity index (χ0) is 14.3. The summed E-state index contributed by atoms with van der Waals surface area (Å²) in [5.74, 6) is 0. The fraction of sp³-hybridized carbons (Fsp3) is 1.00. The van der Waals surface area contributed by atoms with Crippen molar-refractivity contribution in [1.82, 2.24) is 15.1 Å². The van der Waals surface area contributed by atoms with Gasteiger partial charge in [0.15, 0.2) is 0 Å². The number of hydrogen-bond donors (Lipinski definition) is 1. The summed E-state index contributed by atoms with van der Waals surface area (Å²) in [4.78, 5) is 4.78. The van der Waals surface area contributed by atoms with E-state index in [1.54, 1.807) is 0 Å². The van der Waals surface area contributed by atoms with Gasteiger partial charge in [-0.05, 0) is 33.5 Å². The van der Waals surface area contributed by atoms with Crippen molar-refractivity contribution in [3.05, 3.63) is 0 Å². The molecule has 0 fully saturated rings. The van der Waals surface area contributed by atoms with Crippen molar-refractivity contribution in [3.8, 4) is 0 Å². The predicted octanol–water partition coefficient (Wildman–Crippen LogP) is 1.67. The van der Waals surface area contributed by atoms with Crippen LogP contribution in [0.3, 0.4) is 0 Å². The van der Waals surface area contributed by atoms with Crippen LogP contribution in [0.4, 0.5) is 0 Å². The minimum absolute atomic E-state index is 0.839. The van der Waals surface area contributed by atoms with Gasteiger partial charge in [-0.25, -0.2) is 0 Å². The molecule has 0 bridgehead atoms. The molecule has 19 heavy (non-hydrogen) atoms. The lowest BCUT2D eigenvalue weighted by atomic mass is 10.3. The Bertz CT molecular complexity index is 177. The predicted molar refractivity (Wildman–Crippen MR) is 83.9 cm³/mol. The van der Waals surface area contributed by atoms with E-state index in [2.05, 4.69) is 43.1 Å². The quantitative estimate of drug-likeness (QED) is 0.487. The van der Waals surface area contributed by atoms with Crippen molar-refractivity contribution >= 4 is 0 Å². The Morgan fingerprint density at radius 3 is 2.26 bits per heavy atom. The summed E-state index contributed by atoms with van der Waals surface area (Å²) in [5.41, 5.74) is 0. The van der Waals surface area contributed by atoms with E-state index in [0.717, 1.165) is 45.9 Å². The van der Waals surface area contributed by atoms with E-state index < -0.39 is 0 Å². The molecule has 0 rings (SSSR count). The van der Waals surface area contributed by atoms with Crippen molar-refractivity contribution in [2.24, 2.45) is 0 Å². The highest BCUT2D eigenvalue weighted by atomic mass is 16.5. The fourth-order valence-corrected chi connectivity index (χ4v) is 1.85. The van der Waals surface area contributed by atoms with Crippen molar-refractivity contribution < 1.29 is 4.74 Å². The number of unbranched alkanes of at least 4 members (excludes halogenated alkanes) is 1. The second-order valence-corrected chi connectivity index (χ2v) is 5.36. The Morgan fingerprint density at radius 1 is 0.842 bits per heavy atom. The Morgan fingerprint density at radius 2 is 1.63 bits per heavy atom. The Hall–Kier alpha value is -0.160. The summed E-state index contributed by atoms with van der Waals surface area (Å²) in [6.07, 6.45) is 3.62. The standard InChI is InChI=1S/C15H35N3O/c1-5-7-14-19-15-9-16-8-11-18(10-6-2)13-12-17(3)4/h16H,5-15H2,1-4H3. The second kappa shape index (κ2) is 14.3. The van der Waals surface area contributed by atoms with Crippen LogP contribution in [0, 0.1) is 0 Å². The van der Waals surface area contributed by atoms with Gasteiger partial charge in [0.2, 0.25) is 0 Å². The molecular weight excluding hydrogens is 238 g/mol. The zero-order valence-corrected chi connectivity index (χ0v) is 13.6. The molecule has 0 heterocycles. The SMILES string of the molecule is CCCCOCCNCCN(CCC)CCN(C)C. The molecule has 4 heteroatoms. The van der Waals surface area contributed by atoms with Crippen LogP contribution in [0.2, 0.25) is 0 Å². The maximum absolute atomic E-state index is 5.52. The third kappa shape index (κ3) is 14.1. The third-order valence-electron chi connectivity index (χ3n) is 3.07. The van der Waals surface area contributed by atoms with E-state index in [1.165, 1.54) is 25.8 Å². The highest BCUT2D eigenvalue weighted by molar-refractivity contribution is 4.61. The van der Waals surface area contributed by atoms with E-state index in [1.807, 2.05) is 0 Å². The van der Waals surface area contributed by atoms with Gasteiger partial charge in [0.1, 0.15) is 0 Å². The van der Waals surface area contributed by atoms with Gasteiger partial charge in [-0.1, -0.05) is 20.3 Å². The van der Waals surface area contributed by atoms with Gasteiger partial charge in [-0.3, -0.25) is 0 Å². The van der Waals surface area contributed by atoms with Gasteiger partial charge in [0, 0.05) is 39.3 Å². The molecule has 0 amide bonds. The molecule has 0 atom stereocenters. The number of rotatable bonds is 14. The average molecular weight is 273 g/mol. The lowest BCUT2D eigenvalue weighted by Crippen LogP contribution is -2.37. The molecule has 0 aliphatic rings. The first-order chi connectivity index (χ1) is 9.20. The van der Waals surface area contributed by atoms with Crippen LogP contribution in [-0.2, 0) is 4.74 Å². The first-order valence-corrected chi connectivity index (χ1v) is 7.86. The van der Waals surface area contributed by atoms with Crippen LogP contribution in [-0.4, -0.2) is 76.4 Å². The number of nitrogens with zero attached hydrogens (tertiary/aromatic N) is 2. The van der Waals surface area contributed by atoms with Crippen molar-refractivity contribution in [2.75, 3.05) is 66.6 Å². The molecule has 0 saturated heterocycles. The minimum Gasteiger partial charge on any atom is -0.380 e. The highest BCUT2D eigenvalue weighted by Gasteiger charge is 2.03. The Kier molecular flexibility index (Phi) is 14.1. The lowest BCUT2D eigenvalue weighted by Gasteiger charge is -2.23. The summed E-state index contributed by atoms with van der Waals surface area (Å²) in [6.45, 7) is 12.8. The van der Waals surface area contributed by atoms with Gasteiger partial charge in [0.25, 0.3) is 0 Å². The molecule has 116 valence electrons. The third-order valence-corrected chi connectivity index (χ3v) is 3.07. The summed E-state index contributed by atoms with van der Waals surface area (Å²) >= 11 is 0. The number of hydrogen-bond acceptors (Lipinski definition) is 4. The fourth-order valence-electron chi connectivity index (χ4n) is 1.85. The second-order valence-electron chi connectivity index (χ2n) is 5.36. The molecule has 0 aromatic heterocycles. The van der Waals surface area contributed by atoms with Crippen LogP contribution in [0.25, 0.3) is 0 Å². The average Bonchev–Trinajstić information content (AvgIpc) is 2.38. The van der Waals surface area contributed by atoms with Crippen molar-refractivity contribution in [1.29, 1.82) is 0 Å². The van der Waals surface area contributed by atoms with E-state index >= 15 is 0 Å². The molecule has 0 aromatic rings. The Balaban J connectivity index is 3.42. The molecule has 0 aromatic carbocycles. The van der Waals surface area contributed by atoms with E-state index in [9.17, 15) is 0 Å². The highest BCUT2D eigenvalue weighted by Crippen LogP contribution is 1.91. The summed E-state index contributed by atoms with van der Waals surface area (Å²) in [7, 11) is 4.27. The van der Waals surface area contributed by atoms with Crippen molar-refractivity contribution in [2.45, 2.75) is 33.1 Å². The van der Waals surface area contributed by atoms with Gasteiger partial charge in [-0.2, -0.15) is 0 Å². The van der Waals surface area contributed by atoms with E-state index in [-0.39, 0.29) is 0 Å². The van der Waals surface area contributed by atoms with Crippen LogP contribution < -0.4 is 5.32 Å². The minimum atomic E-state index is 0.839. The molecule has 0 saturated carbocycles. The molecule has 0 aliphatic heterocycles. The molecule has 0 spiro atoms.